The third-order valence-electron chi connectivity index (χ3n) is 6.35. The van der Waals surface area contributed by atoms with Gasteiger partial charge in [-0.05, 0) is 54.2 Å². The number of hydrogen-bond acceptors (Lipinski definition) is 5. The molecule has 0 amide bonds. The summed E-state index contributed by atoms with van der Waals surface area (Å²) in [6.07, 6.45) is 1.01. The largest absolute Gasteiger partial charge is 0.466 e. The SMILES string of the molecule is COC(=O)C1=C(N)N(c2cccc(Cl)c2C)C2=C(C(=O)CC(C)(C)C2)[C@H]1c1ccc(Br)cc1. The van der Waals surface area contributed by atoms with Gasteiger partial charge in [-0.2, -0.15) is 0 Å². The van der Waals surface area contributed by atoms with E-state index in [1.807, 2.05) is 48.2 Å². The molecule has 1 heterocycles. The van der Waals surface area contributed by atoms with Crippen LogP contribution in [0.4, 0.5) is 5.69 Å². The van der Waals surface area contributed by atoms with Crippen LogP contribution in [0.2, 0.25) is 5.02 Å². The molecule has 2 aromatic carbocycles. The second-order valence-electron chi connectivity index (χ2n) is 9.30. The van der Waals surface area contributed by atoms with Crippen LogP contribution in [0.3, 0.4) is 0 Å². The number of benzene rings is 2. The molecule has 0 saturated heterocycles. The molecule has 2 aliphatic rings. The van der Waals surface area contributed by atoms with E-state index in [0.29, 0.717) is 23.4 Å². The minimum Gasteiger partial charge on any atom is -0.466 e. The zero-order valence-electron chi connectivity index (χ0n) is 19.0. The quantitative estimate of drug-likeness (QED) is 0.494. The summed E-state index contributed by atoms with van der Waals surface area (Å²) < 4.78 is 6.06. The minimum atomic E-state index is -0.611. The molecular weight excluding hydrogens is 504 g/mol. The van der Waals surface area contributed by atoms with Crippen LogP contribution in [0, 0.1) is 12.3 Å². The highest BCUT2D eigenvalue weighted by Crippen LogP contribution is 2.51. The van der Waals surface area contributed by atoms with E-state index in [0.717, 1.165) is 27.0 Å². The van der Waals surface area contributed by atoms with Gasteiger partial charge in [0.15, 0.2) is 5.78 Å². The Morgan fingerprint density at radius 3 is 2.48 bits per heavy atom. The van der Waals surface area contributed by atoms with Crippen LogP contribution in [0.15, 0.2) is 69.6 Å². The van der Waals surface area contributed by atoms with Gasteiger partial charge in [-0.25, -0.2) is 4.79 Å². The van der Waals surface area contributed by atoms with Crippen molar-refractivity contribution in [1.82, 2.24) is 0 Å². The molecule has 0 aromatic heterocycles. The summed E-state index contributed by atoms with van der Waals surface area (Å²) in [6.45, 7) is 6.05. The number of Topliss-reactive ketones (excluding diaryl/α,β-unsaturated/α-hetero) is 1. The lowest BCUT2D eigenvalue weighted by atomic mass is 9.68. The Labute approximate surface area is 207 Å². The smallest absolute Gasteiger partial charge is 0.338 e. The molecule has 1 aliphatic heterocycles. The summed E-state index contributed by atoms with van der Waals surface area (Å²) in [7, 11) is 1.33. The molecule has 0 bridgehead atoms. The highest BCUT2D eigenvalue weighted by Gasteiger charge is 2.46. The monoisotopic (exact) mass is 528 g/mol. The highest BCUT2D eigenvalue weighted by atomic mass is 79.9. The maximum Gasteiger partial charge on any atom is 0.338 e. The van der Waals surface area contributed by atoms with Crippen molar-refractivity contribution in [3.05, 3.63) is 85.8 Å². The van der Waals surface area contributed by atoms with E-state index < -0.39 is 11.9 Å². The Kier molecular flexibility index (Phi) is 6.18. The minimum absolute atomic E-state index is 0.00718. The second-order valence-corrected chi connectivity index (χ2v) is 10.6. The number of esters is 1. The normalized spacial score (nSPS) is 20.1. The Bertz CT molecular complexity index is 1210. The lowest BCUT2D eigenvalue weighted by molar-refractivity contribution is -0.136. The molecule has 2 aromatic rings. The fraction of sp³-hybridized carbons (Fsp3) is 0.308. The van der Waals surface area contributed by atoms with Crippen molar-refractivity contribution < 1.29 is 14.3 Å². The van der Waals surface area contributed by atoms with Crippen molar-refractivity contribution in [1.29, 1.82) is 0 Å². The molecular formula is C26H26BrClN2O3. The van der Waals surface area contributed by atoms with E-state index in [4.69, 9.17) is 22.1 Å². The van der Waals surface area contributed by atoms with Crippen molar-refractivity contribution in [2.45, 2.75) is 39.5 Å². The lowest BCUT2D eigenvalue weighted by Crippen LogP contribution is -2.44. The van der Waals surface area contributed by atoms with Gasteiger partial charge in [-0.3, -0.25) is 9.69 Å². The Morgan fingerprint density at radius 2 is 1.85 bits per heavy atom. The number of allylic oxidation sites excluding steroid dienone is 2. The van der Waals surface area contributed by atoms with Gasteiger partial charge in [-0.15, -0.1) is 0 Å². The van der Waals surface area contributed by atoms with Crippen LogP contribution in [-0.2, 0) is 14.3 Å². The van der Waals surface area contributed by atoms with Crippen LogP contribution < -0.4 is 10.6 Å². The first-order chi connectivity index (χ1) is 15.6. The number of ether oxygens (including phenoxy) is 1. The van der Waals surface area contributed by atoms with Crippen molar-refractivity contribution in [3.8, 4) is 0 Å². The first-order valence-corrected chi connectivity index (χ1v) is 11.9. The zero-order valence-corrected chi connectivity index (χ0v) is 21.4. The molecule has 7 heteroatoms. The molecule has 0 radical (unpaired) electrons. The van der Waals surface area contributed by atoms with Gasteiger partial charge in [0.2, 0.25) is 0 Å². The van der Waals surface area contributed by atoms with Crippen molar-refractivity contribution >= 4 is 45.0 Å². The summed E-state index contributed by atoms with van der Waals surface area (Å²) in [5.74, 6) is -0.911. The van der Waals surface area contributed by atoms with Crippen molar-refractivity contribution in [2.75, 3.05) is 12.0 Å². The van der Waals surface area contributed by atoms with E-state index in [2.05, 4.69) is 29.8 Å². The molecule has 1 aliphatic carbocycles. The molecule has 0 saturated carbocycles. The van der Waals surface area contributed by atoms with E-state index in [1.165, 1.54) is 7.11 Å². The standard InChI is InChI=1S/C26H26BrClN2O3/c1-14-17(28)6-5-7-18(14)30-19-12-26(2,3)13-20(31)22(19)21(15-8-10-16(27)11-9-15)23(24(30)29)25(32)33-4/h5-11,21H,12-13,29H2,1-4H3/t21-/m1/s1. The van der Waals surface area contributed by atoms with Crippen molar-refractivity contribution in [2.24, 2.45) is 11.1 Å². The molecule has 2 N–H and O–H groups in total. The maximum absolute atomic E-state index is 13.7. The highest BCUT2D eigenvalue weighted by molar-refractivity contribution is 9.10. The van der Waals surface area contributed by atoms with E-state index in [9.17, 15) is 9.59 Å². The zero-order chi connectivity index (χ0) is 24.1. The van der Waals surface area contributed by atoms with Gasteiger partial charge >= 0.3 is 5.97 Å². The number of carbonyl (C=O) groups is 2. The molecule has 4 rings (SSSR count). The average Bonchev–Trinajstić information content (AvgIpc) is 2.75. The third kappa shape index (κ3) is 4.11. The number of halogens is 2. The van der Waals surface area contributed by atoms with Gasteiger partial charge in [0.1, 0.15) is 5.82 Å². The van der Waals surface area contributed by atoms with Gasteiger partial charge in [0.05, 0.1) is 24.3 Å². The van der Waals surface area contributed by atoms with Crippen LogP contribution in [0.1, 0.15) is 43.7 Å². The van der Waals surface area contributed by atoms with Gasteiger partial charge in [0, 0.05) is 27.2 Å². The number of methoxy groups -OCH3 is 1. The van der Waals surface area contributed by atoms with Crippen molar-refractivity contribution in [3.63, 3.8) is 0 Å². The Balaban J connectivity index is 2.06. The van der Waals surface area contributed by atoms with E-state index in [-0.39, 0.29) is 22.6 Å². The van der Waals surface area contributed by atoms with Crippen LogP contribution in [0.5, 0.6) is 0 Å². The first kappa shape index (κ1) is 23.6. The van der Waals surface area contributed by atoms with Gasteiger partial charge in [0.25, 0.3) is 0 Å². The summed E-state index contributed by atoms with van der Waals surface area (Å²) in [6, 6.07) is 13.1. The predicted molar refractivity (Wildman–Crippen MR) is 134 cm³/mol. The second kappa shape index (κ2) is 8.65. The van der Waals surface area contributed by atoms with E-state index >= 15 is 0 Å². The predicted octanol–water partition coefficient (Wildman–Crippen LogP) is 6.00. The number of rotatable bonds is 3. The molecule has 5 nitrogen and oxygen atoms in total. The number of anilines is 1. The van der Waals surface area contributed by atoms with Crippen LogP contribution in [0.25, 0.3) is 0 Å². The number of nitrogens with zero attached hydrogens (tertiary/aromatic N) is 1. The molecule has 0 unspecified atom stereocenters. The molecule has 1 atom stereocenters. The first-order valence-electron chi connectivity index (χ1n) is 10.7. The molecule has 0 fully saturated rings. The fourth-order valence-electron chi connectivity index (χ4n) is 4.82. The van der Waals surface area contributed by atoms with Gasteiger partial charge < -0.3 is 10.5 Å². The summed E-state index contributed by atoms with van der Waals surface area (Å²) in [5, 5.41) is 0.582. The Morgan fingerprint density at radius 1 is 1.18 bits per heavy atom. The number of hydrogen-bond donors (Lipinski definition) is 1. The summed E-state index contributed by atoms with van der Waals surface area (Å²) in [5.41, 5.74) is 10.5. The topological polar surface area (TPSA) is 72.6 Å². The number of nitrogens with two attached hydrogens (primary N) is 1. The molecule has 0 spiro atoms. The van der Waals surface area contributed by atoms with Crippen LogP contribution in [-0.4, -0.2) is 18.9 Å². The number of ketones is 1. The maximum atomic E-state index is 13.7. The summed E-state index contributed by atoms with van der Waals surface area (Å²) in [4.78, 5) is 28.6. The Hall–Kier alpha value is -2.57. The number of carbonyl (C=O) groups excluding carboxylic acids is 2. The van der Waals surface area contributed by atoms with Gasteiger partial charge in [-0.1, -0.05) is 59.6 Å². The summed E-state index contributed by atoms with van der Waals surface area (Å²) >= 11 is 9.91. The van der Waals surface area contributed by atoms with E-state index in [1.54, 1.807) is 6.07 Å². The third-order valence-corrected chi connectivity index (χ3v) is 7.29. The fourth-order valence-corrected chi connectivity index (χ4v) is 5.26. The average molecular weight is 530 g/mol. The van der Waals surface area contributed by atoms with Crippen LogP contribution >= 0.6 is 27.5 Å². The molecule has 33 heavy (non-hydrogen) atoms. The lowest BCUT2D eigenvalue weighted by Gasteiger charge is -2.44. The molecule has 172 valence electrons.